The molecule has 0 saturated heterocycles. The van der Waals surface area contributed by atoms with Gasteiger partial charge in [-0.1, -0.05) is 73.1 Å². The molecule has 224 valence electrons. The second kappa shape index (κ2) is 14.0. The van der Waals surface area contributed by atoms with E-state index < -0.39 is 6.04 Å². The predicted octanol–water partition coefficient (Wildman–Crippen LogP) is 8.04. The molecule has 2 N–H and O–H groups in total. The van der Waals surface area contributed by atoms with Crippen LogP contribution < -0.4 is 20.1 Å². The summed E-state index contributed by atoms with van der Waals surface area (Å²) in [7, 11) is 0. The summed E-state index contributed by atoms with van der Waals surface area (Å²) in [6.07, 6.45) is 2.16. The molecule has 0 saturated carbocycles. The Kier molecular flexibility index (Phi) is 9.94. The van der Waals surface area contributed by atoms with Crippen molar-refractivity contribution in [2.24, 2.45) is 0 Å². The van der Waals surface area contributed by atoms with Crippen LogP contribution in [0.5, 0.6) is 11.5 Å². The van der Waals surface area contributed by atoms with Gasteiger partial charge in [0.2, 0.25) is 11.1 Å². The fraction of sp³-hybridized carbons (Fsp3) is 0.303. The first kappa shape index (κ1) is 30.5. The number of ether oxygens (including phenoxy) is 2. The van der Waals surface area contributed by atoms with Crippen LogP contribution in [0, 0.1) is 6.92 Å². The molecule has 8 nitrogen and oxygen atoms in total. The molecule has 0 fully saturated rings. The first-order valence-electron chi connectivity index (χ1n) is 14.5. The van der Waals surface area contributed by atoms with Crippen molar-refractivity contribution in [2.75, 3.05) is 23.0 Å². The second-order valence-electron chi connectivity index (χ2n) is 10.3. The zero-order valence-corrected chi connectivity index (χ0v) is 26.4. The van der Waals surface area contributed by atoms with Crippen molar-refractivity contribution in [3.63, 3.8) is 0 Å². The van der Waals surface area contributed by atoms with Gasteiger partial charge in [0.25, 0.3) is 5.91 Å². The number of rotatable bonds is 12. The van der Waals surface area contributed by atoms with E-state index >= 15 is 0 Å². The highest BCUT2D eigenvalue weighted by atomic mass is 35.5. The van der Waals surface area contributed by atoms with E-state index in [0.717, 1.165) is 41.0 Å². The van der Waals surface area contributed by atoms with Gasteiger partial charge in [0, 0.05) is 27.7 Å². The number of aryl methyl sites for hydroxylation is 1. The molecule has 2 heterocycles. The number of carbonyl (C=O) groups excluding carboxylic acids is 1. The van der Waals surface area contributed by atoms with Crippen LogP contribution in [0.15, 0.2) is 83.2 Å². The maximum atomic E-state index is 13.9. The quantitative estimate of drug-likeness (QED) is 0.123. The minimum absolute atomic E-state index is 0.223. The van der Waals surface area contributed by atoms with Crippen LogP contribution in [0.25, 0.3) is 0 Å². The summed E-state index contributed by atoms with van der Waals surface area (Å²) in [6.45, 7) is 8.71. The number of hydrogen-bond acceptors (Lipinski definition) is 7. The lowest BCUT2D eigenvalue weighted by molar-refractivity contribution is -0.113. The molecule has 0 aliphatic carbocycles. The Labute approximate surface area is 261 Å². The molecular formula is C33H36ClN5O3S. The fourth-order valence-corrected chi connectivity index (χ4v) is 5.98. The van der Waals surface area contributed by atoms with Crippen molar-refractivity contribution in [1.82, 2.24) is 14.8 Å². The van der Waals surface area contributed by atoms with Crippen molar-refractivity contribution < 1.29 is 14.3 Å². The maximum Gasteiger partial charge on any atom is 0.255 e. The number of benzene rings is 3. The Morgan fingerprint density at radius 2 is 1.88 bits per heavy atom. The Bertz CT molecular complexity index is 1640. The topological polar surface area (TPSA) is 90.3 Å². The Morgan fingerprint density at radius 3 is 2.65 bits per heavy atom. The molecule has 0 spiro atoms. The van der Waals surface area contributed by atoms with E-state index in [9.17, 15) is 4.79 Å². The molecular weight excluding hydrogens is 582 g/mol. The smallest absolute Gasteiger partial charge is 0.255 e. The van der Waals surface area contributed by atoms with Gasteiger partial charge >= 0.3 is 0 Å². The summed E-state index contributed by atoms with van der Waals surface area (Å²) >= 11 is 7.97. The number of halogens is 1. The summed E-state index contributed by atoms with van der Waals surface area (Å²) < 4.78 is 14.0. The standard InChI is InChI=1S/C33H36ClN5O3S/c1-5-7-17-43-33-37-32-35-22(4)29(31(40)36-25-13-10-11-21(3)18-25)30(39(32)38-33)23-15-16-27(28(19-23)41-6-2)42-20-24-12-8-9-14-26(24)34/h8-16,18-19,30H,5-7,17,20H2,1-4H3,(H,36,40)(H,35,37,38). The van der Waals surface area contributed by atoms with E-state index in [-0.39, 0.29) is 5.91 Å². The number of fused-ring (bicyclic) bond motifs is 1. The highest BCUT2D eigenvalue weighted by Crippen LogP contribution is 2.40. The Morgan fingerprint density at radius 1 is 1.05 bits per heavy atom. The lowest BCUT2D eigenvalue weighted by Gasteiger charge is -2.29. The third kappa shape index (κ3) is 7.17. The molecule has 10 heteroatoms. The van der Waals surface area contributed by atoms with Gasteiger partial charge in [0.1, 0.15) is 12.6 Å². The number of aromatic nitrogens is 3. The molecule has 1 aliphatic rings. The minimum Gasteiger partial charge on any atom is -0.490 e. The Balaban J connectivity index is 1.52. The molecule has 43 heavy (non-hydrogen) atoms. The zero-order chi connectivity index (χ0) is 30.3. The number of hydrogen-bond donors (Lipinski definition) is 2. The van der Waals surface area contributed by atoms with Gasteiger partial charge in [-0.25, -0.2) is 4.68 Å². The van der Waals surface area contributed by atoms with Crippen molar-refractivity contribution in [3.8, 4) is 11.5 Å². The molecule has 4 aromatic rings. The summed E-state index contributed by atoms with van der Waals surface area (Å²) in [5.74, 6) is 2.44. The van der Waals surface area contributed by atoms with Gasteiger partial charge in [0.05, 0.1) is 12.2 Å². The normalized spacial score (nSPS) is 14.2. The molecule has 3 aromatic carbocycles. The van der Waals surface area contributed by atoms with Crippen LogP contribution in [-0.2, 0) is 11.4 Å². The number of nitrogens with zero attached hydrogens (tertiary/aromatic N) is 3. The molecule has 0 bridgehead atoms. The van der Waals surface area contributed by atoms with Crippen molar-refractivity contribution in [1.29, 1.82) is 0 Å². The average Bonchev–Trinajstić information content (AvgIpc) is 3.39. The predicted molar refractivity (Wildman–Crippen MR) is 173 cm³/mol. The van der Waals surface area contributed by atoms with Crippen LogP contribution in [-0.4, -0.2) is 33.0 Å². The number of nitrogens with one attached hydrogen (secondary N) is 2. The third-order valence-corrected chi connectivity index (χ3v) is 8.30. The number of amides is 1. The van der Waals surface area contributed by atoms with Gasteiger partial charge in [-0.3, -0.25) is 4.79 Å². The first-order valence-corrected chi connectivity index (χ1v) is 15.8. The van der Waals surface area contributed by atoms with Crippen LogP contribution in [0.4, 0.5) is 11.6 Å². The van der Waals surface area contributed by atoms with Gasteiger partial charge in [-0.2, -0.15) is 4.98 Å². The van der Waals surface area contributed by atoms with Gasteiger partial charge in [-0.05, 0) is 68.7 Å². The number of unbranched alkanes of at least 4 members (excludes halogenated alkanes) is 1. The van der Waals surface area contributed by atoms with E-state index in [2.05, 4.69) is 17.6 Å². The highest BCUT2D eigenvalue weighted by molar-refractivity contribution is 7.99. The van der Waals surface area contributed by atoms with Gasteiger partial charge in [0.15, 0.2) is 11.5 Å². The number of carbonyl (C=O) groups is 1. The summed E-state index contributed by atoms with van der Waals surface area (Å²) in [5, 5.41) is 12.6. The van der Waals surface area contributed by atoms with Gasteiger partial charge in [-0.15, -0.1) is 5.10 Å². The van der Waals surface area contributed by atoms with E-state index in [1.54, 1.807) is 16.4 Å². The number of anilines is 2. The fourth-order valence-electron chi connectivity index (χ4n) is 4.88. The SMILES string of the molecule is CCCCSc1nc2n(n1)C(c1ccc(OCc3ccccc3Cl)c(OCC)c1)C(C(=O)Nc1cccc(C)c1)=C(C)N2. The number of allylic oxidation sites excluding steroid dienone is 1. The molecule has 1 amide bonds. The molecule has 1 aliphatic heterocycles. The maximum absolute atomic E-state index is 13.9. The van der Waals surface area contributed by atoms with E-state index in [1.165, 1.54) is 0 Å². The van der Waals surface area contributed by atoms with Crippen molar-refractivity contribution in [2.45, 2.75) is 58.3 Å². The van der Waals surface area contributed by atoms with E-state index in [1.807, 2.05) is 87.5 Å². The van der Waals surface area contributed by atoms with Crippen molar-refractivity contribution in [3.05, 3.63) is 99.7 Å². The largest absolute Gasteiger partial charge is 0.490 e. The van der Waals surface area contributed by atoms with E-state index in [4.69, 9.17) is 31.2 Å². The minimum atomic E-state index is -0.550. The lowest BCUT2D eigenvalue weighted by atomic mass is 9.94. The van der Waals surface area contributed by atoms with Crippen LogP contribution in [0.1, 0.15) is 56.3 Å². The van der Waals surface area contributed by atoms with E-state index in [0.29, 0.717) is 52.1 Å². The summed E-state index contributed by atoms with van der Waals surface area (Å²) in [5.41, 5.74) is 4.72. The van der Waals surface area contributed by atoms with Crippen LogP contribution in [0.2, 0.25) is 5.02 Å². The summed E-state index contributed by atoms with van der Waals surface area (Å²) in [4.78, 5) is 18.7. The zero-order valence-electron chi connectivity index (χ0n) is 24.8. The summed E-state index contributed by atoms with van der Waals surface area (Å²) in [6, 6.07) is 20.5. The molecule has 1 atom stereocenters. The Hall–Kier alpha value is -3.95. The molecule has 5 rings (SSSR count). The van der Waals surface area contributed by atoms with Crippen molar-refractivity contribution >= 4 is 40.9 Å². The monoisotopic (exact) mass is 617 g/mol. The van der Waals surface area contributed by atoms with Gasteiger partial charge < -0.3 is 20.1 Å². The molecule has 0 radical (unpaired) electrons. The molecule has 1 unspecified atom stereocenters. The van der Waals surface area contributed by atoms with Crippen LogP contribution >= 0.6 is 23.4 Å². The lowest BCUT2D eigenvalue weighted by Crippen LogP contribution is -2.31. The first-order chi connectivity index (χ1) is 20.9. The third-order valence-electron chi connectivity index (χ3n) is 7.01. The molecule has 1 aromatic heterocycles. The second-order valence-corrected chi connectivity index (χ2v) is 11.7. The number of thioether (sulfide) groups is 1. The highest BCUT2D eigenvalue weighted by Gasteiger charge is 2.35. The average molecular weight is 618 g/mol. The van der Waals surface area contributed by atoms with Crippen LogP contribution in [0.3, 0.4) is 0 Å².